The maximum Gasteiger partial charge on any atom is 0.273 e. The third-order valence-electron chi connectivity index (χ3n) is 2.51. The number of rotatable bonds is 10. The van der Waals surface area contributed by atoms with E-state index in [9.17, 15) is 8.42 Å². The van der Waals surface area contributed by atoms with Crippen LogP contribution in [0.5, 0.6) is 0 Å². The molecule has 0 spiro atoms. The molecule has 0 aromatic carbocycles. The van der Waals surface area contributed by atoms with Gasteiger partial charge in [-0.2, -0.15) is 0 Å². The molecule has 0 saturated heterocycles. The van der Waals surface area contributed by atoms with Crippen molar-refractivity contribution in [3.05, 3.63) is 17.9 Å². The quantitative estimate of drug-likeness (QED) is 0.631. The maximum atomic E-state index is 11.9. The van der Waals surface area contributed by atoms with Gasteiger partial charge in [0.1, 0.15) is 5.76 Å². The Morgan fingerprint density at radius 1 is 1.32 bits per heavy atom. The van der Waals surface area contributed by atoms with E-state index >= 15 is 0 Å². The van der Waals surface area contributed by atoms with E-state index in [0.717, 1.165) is 12.8 Å². The minimum atomic E-state index is -3.52. The molecule has 2 N–H and O–H groups in total. The first kappa shape index (κ1) is 16.2. The molecule has 0 aliphatic heterocycles. The normalized spacial score (nSPS) is 11.9. The maximum absolute atomic E-state index is 11.9. The van der Waals surface area contributed by atoms with E-state index in [4.69, 9.17) is 9.15 Å². The molecule has 0 saturated carbocycles. The van der Waals surface area contributed by atoms with E-state index in [1.54, 1.807) is 13.2 Å². The lowest BCUT2D eigenvalue weighted by atomic mass is 10.3. The van der Waals surface area contributed by atoms with Crippen LogP contribution in [0.1, 0.15) is 25.5 Å². The van der Waals surface area contributed by atoms with Gasteiger partial charge in [-0.25, -0.2) is 13.1 Å². The van der Waals surface area contributed by atoms with E-state index < -0.39 is 10.0 Å². The SMILES string of the molecule is CCCCNS(=O)(=O)c1ccc(CNCCOC)o1. The number of unbranched alkanes of at least 4 members (excludes halogenated alkanes) is 1. The topological polar surface area (TPSA) is 80.6 Å². The summed E-state index contributed by atoms with van der Waals surface area (Å²) in [5.74, 6) is 0.590. The molecule has 0 unspecified atom stereocenters. The van der Waals surface area contributed by atoms with Crippen LogP contribution < -0.4 is 10.0 Å². The standard InChI is InChI=1S/C12H22N2O4S/c1-3-4-7-14-19(15,16)12-6-5-11(18-12)10-13-8-9-17-2/h5-6,13-14H,3-4,7-10H2,1-2H3. The zero-order valence-electron chi connectivity index (χ0n) is 11.4. The second-order valence-electron chi connectivity index (χ2n) is 4.14. The Labute approximate surface area is 114 Å². The molecule has 0 fully saturated rings. The molecule has 1 aromatic rings. The van der Waals surface area contributed by atoms with Crippen molar-refractivity contribution in [2.45, 2.75) is 31.4 Å². The van der Waals surface area contributed by atoms with Crippen molar-refractivity contribution in [3.8, 4) is 0 Å². The van der Waals surface area contributed by atoms with Gasteiger partial charge in [0.2, 0.25) is 5.09 Å². The average molecular weight is 290 g/mol. The molecule has 1 heterocycles. The highest BCUT2D eigenvalue weighted by molar-refractivity contribution is 7.89. The molecule has 110 valence electrons. The zero-order valence-corrected chi connectivity index (χ0v) is 12.3. The number of hydrogen-bond donors (Lipinski definition) is 2. The molecule has 1 aromatic heterocycles. The highest BCUT2D eigenvalue weighted by Crippen LogP contribution is 2.13. The Hall–Kier alpha value is -0.890. The molecular weight excluding hydrogens is 268 g/mol. The molecular formula is C12H22N2O4S. The summed E-state index contributed by atoms with van der Waals surface area (Å²) in [6, 6.07) is 3.13. The second kappa shape index (κ2) is 8.31. The van der Waals surface area contributed by atoms with E-state index in [0.29, 0.717) is 32.0 Å². The molecule has 0 bridgehead atoms. The van der Waals surface area contributed by atoms with Gasteiger partial charge in [-0.3, -0.25) is 0 Å². The van der Waals surface area contributed by atoms with Crippen molar-refractivity contribution in [2.75, 3.05) is 26.8 Å². The average Bonchev–Trinajstić information content (AvgIpc) is 2.84. The van der Waals surface area contributed by atoms with Crippen LogP contribution in [0.4, 0.5) is 0 Å². The first-order valence-corrected chi connectivity index (χ1v) is 7.86. The van der Waals surface area contributed by atoms with Crippen molar-refractivity contribution in [1.82, 2.24) is 10.0 Å². The third-order valence-corrected chi connectivity index (χ3v) is 3.84. The summed E-state index contributed by atoms with van der Waals surface area (Å²) in [6.07, 6.45) is 1.75. The van der Waals surface area contributed by atoms with E-state index in [-0.39, 0.29) is 5.09 Å². The van der Waals surface area contributed by atoms with Crippen LogP contribution in [0.2, 0.25) is 0 Å². The monoisotopic (exact) mass is 290 g/mol. The summed E-state index contributed by atoms with van der Waals surface area (Å²) in [5.41, 5.74) is 0. The minimum Gasteiger partial charge on any atom is -0.447 e. The number of sulfonamides is 1. The van der Waals surface area contributed by atoms with Crippen LogP contribution in [0, 0.1) is 0 Å². The van der Waals surface area contributed by atoms with E-state index in [1.807, 2.05) is 6.92 Å². The fourth-order valence-corrected chi connectivity index (χ4v) is 2.46. The lowest BCUT2D eigenvalue weighted by Crippen LogP contribution is -2.24. The lowest BCUT2D eigenvalue weighted by molar-refractivity contribution is 0.198. The Bertz CT molecular complexity index is 456. The fourth-order valence-electron chi connectivity index (χ4n) is 1.44. The molecule has 0 atom stereocenters. The van der Waals surface area contributed by atoms with Gasteiger partial charge in [0, 0.05) is 20.2 Å². The Balaban J connectivity index is 2.48. The van der Waals surface area contributed by atoms with E-state index in [2.05, 4.69) is 10.0 Å². The number of nitrogens with one attached hydrogen (secondary N) is 2. The van der Waals surface area contributed by atoms with Gasteiger partial charge in [0.25, 0.3) is 10.0 Å². The predicted octanol–water partition coefficient (Wildman–Crippen LogP) is 1.09. The summed E-state index contributed by atoms with van der Waals surface area (Å²) >= 11 is 0. The van der Waals surface area contributed by atoms with Crippen molar-refractivity contribution in [3.63, 3.8) is 0 Å². The van der Waals surface area contributed by atoms with Crippen LogP contribution in [0.25, 0.3) is 0 Å². The van der Waals surface area contributed by atoms with E-state index in [1.165, 1.54) is 6.07 Å². The predicted molar refractivity (Wildman–Crippen MR) is 72.4 cm³/mol. The Kier molecular flexibility index (Phi) is 7.07. The van der Waals surface area contributed by atoms with Crippen molar-refractivity contribution < 1.29 is 17.6 Å². The minimum absolute atomic E-state index is 0.0351. The highest BCUT2D eigenvalue weighted by atomic mass is 32.2. The van der Waals surface area contributed by atoms with Gasteiger partial charge in [-0.05, 0) is 18.6 Å². The van der Waals surface area contributed by atoms with Crippen molar-refractivity contribution >= 4 is 10.0 Å². The zero-order chi connectivity index (χ0) is 14.1. The largest absolute Gasteiger partial charge is 0.447 e. The summed E-state index contributed by atoms with van der Waals surface area (Å²) in [4.78, 5) is 0. The van der Waals surface area contributed by atoms with Crippen LogP contribution in [0.3, 0.4) is 0 Å². The molecule has 19 heavy (non-hydrogen) atoms. The summed E-state index contributed by atoms with van der Waals surface area (Å²) in [7, 11) is -1.89. The number of hydrogen-bond acceptors (Lipinski definition) is 5. The smallest absolute Gasteiger partial charge is 0.273 e. The Morgan fingerprint density at radius 2 is 2.11 bits per heavy atom. The summed E-state index contributed by atoms with van der Waals surface area (Å²) in [6.45, 7) is 4.21. The highest BCUT2D eigenvalue weighted by Gasteiger charge is 2.17. The van der Waals surface area contributed by atoms with Crippen LogP contribution in [-0.4, -0.2) is 35.2 Å². The molecule has 7 heteroatoms. The molecule has 0 radical (unpaired) electrons. The molecule has 0 amide bonds. The van der Waals surface area contributed by atoms with Crippen molar-refractivity contribution in [1.29, 1.82) is 0 Å². The van der Waals surface area contributed by atoms with Gasteiger partial charge >= 0.3 is 0 Å². The lowest BCUT2D eigenvalue weighted by Gasteiger charge is -2.03. The second-order valence-corrected chi connectivity index (χ2v) is 5.84. The van der Waals surface area contributed by atoms with Gasteiger partial charge in [0.05, 0.1) is 13.2 Å². The van der Waals surface area contributed by atoms with Crippen LogP contribution >= 0.6 is 0 Å². The van der Waals surface area contributed by atoms with Gasteiger partial charge in [-0.1, -0.05) is 13.3 Å². The Morgan fingerprint density at radius 3 is 2.79 bits per heavy atom. The fraction of sp³-hybridized carbons (Fsp3) is 0.667. The number of methoxy groups -OCH3 is 1. The summed E-state index contributed by atoms with van der Waals surface area (Å²) in [5, 5.41) is 3.05. The molecule has 1 rings (SSSR count). The summed E-state index contributed by atoms with van der Waals surface area (Å²) < 4.78 is 36.4. The van der Waals surface area contributed by atoms with Gasteiger partial charge in [-0.15, -0.1) is 0 Å². The van der Waals surface area contributed by atoms with Gasteiger partial charge < -0.3 is 14.5 Å². The molecule has 0 aliphatic carbocycles. The van der Waals surface area contributed by atoms with Crippen LogP contribution in [-0.2, 0) is 21.3 Å². The number of ether oxygens (including phenoxy) is 1. The number of furan rings is 1. The first-order chi connectivity index (χ1) is 9.10. The first-order valence-electron chi connectivity index (χ1n) is 6.38. The third kappa shape index (κ3) is 5.73. The van der Waals surface area contributed by atoms with Gasteiger partial charge in [0.15, 0.2) is 0 Å². The molecule has 0 aliphatic rings. The van der Waals surface area contributed by atoms with Crippen molar-refractivity contribution in [2.24, 2.45) is 0 Å². The van der Waals surface area contributed by atoms with Crippen LogP contribution in [0.15, 0.2) is 21.6 Å². The molecule has 6 nitrogen and oxygen atoms in total.